The van der Waals surface area contributed by atoms with Gasteiger partial charge in [0, 0.05) is 23.1 Å². The molecule has 0 rings (SSSR count). The first-order chi connectivity index (χ1) is 1.73. The summed E-state index contributed by atoms with van der Waals surface area (Å²) < 4.78 is 0. The normalized spacial score (nSPS) is 6.00. The molecule has 6 heavy (non-hydrogen) atoms. The molecule has 36 valence electrons. The summed E-state index contributed by atoms with van der Waals surface area (Å²) in [5, 5.41) is 0. The molecule has 3 heteroatoms. The average molecular weight is 120 g/mol. The van der Waals surface area contributed by atoms with Crippen LogP contribution in [0.4, 0.5) is 0 Å². The van der Waals surface area contributed by atoms with Gasteiger partial charge in [0.15, 0.2) is 0 Å². The smallest absolute Gasteiger partial charge is 0.0661 e. The maximum absolute atomic E-state index is 2.08. The van der Waals surface area contributed by atoms with Crippen LogP contribution in [-0.2, 0) is 0 Å². The van der Waals surface area contributed by atoms with Gasteiger partial charge in [-0.15, -0.1) is 0 Å². The van der Waals surface area contributed by atoms with Crippen molar-refractivity contribution in [3.05, 3.63) is 0 Å². The van der Waals surface area contributed by atoms with Crippen molar-refractivity contribution in [1.82, 2.24) is 0 Å². The molecule has 1 N–H and O–H groups in total. The molecule has 0 spiro atoms. The van der Waals surface area contributed by atoms with Gasteiger partial charge in [-0.2, -0.15) is 0 Å². The minimum absolute atomic E-state index is 0. The van der Waals surface area contributed by atoms with Crippen molar-refractivity contribution in [2.24, 2.45) is 0 Å². The molecule has 1 nitrogen and oxygen atoms in total. The third-order valence-corrected chi connectivity index (χ3v) is 0. The Labute approximate surface area is 61.7 Å². The van der Waals surface area contributed by atoms with Crippen LogP contribution < -0.4 is 17.3 Å². The molecule has 0 aliphatic rings. The average Bonchev–Trinajstić information content (AvgIpc) is 0.811. The number of rotatable bonds is 0. The molecule has 0 aliphatic carbocycles. The number of halogens is 1. The van der Waals surface area contributed by atoms with Crippen LogP contribution in [-0.4, -0.2) is 44.2 Å². The molecule has 0 aromatic heterocycles. The fourth-order valence-electron chi connectivity index (χ4n) is 0. The van der Waals surface area contributed by atoms with Gasteiger partial charge in [0.1, 0.15) is 0 Å². The van der Waals surface area contributed by atoms with Gasteiger partial charge >= 0.3 is 0 Å². The van der Waals surface area contributed by atoms with E-state index in [-0.39, 0.29) is 35.5 Å². The highest BCUT2D eigenvalue weighted by Crippen LogP contribution is 0.864. The Hall–Kier alpha value is 1.02. The second-order valence-electron chi connectivity index (χ2n) is 1.50. The topological polar surface area (TPSA) is 4.44 Å². The van der Waals surface area contributed by atoms with Crippen LogP contribution in [0.25, 0.3) is 0 Å². The Kier molecular flexibility index (Phi) is 24.6. The zero-order chi connectivity index (χ0) is 3.58. The van der Waals surface area contributed by atoms with Gasteiger partial charge < -0.3 is 17.3 Å². The van der Waals surface area contributed by atoms with Crippen molar-refractivity contribution in [3.8, 4) is 0 Å². The van der Waals surface area contributed by atoms with Gasteiger partial charge in [-0.05, 0) is 0 Å². The summed E-state index contributed by atoms with van der Waals surface area (Å²) in [6.07, 6.45) is 0. The molecule has 0 atom stereocenters. The number of hydrogen-bond acceptors (Lipinski definition) is 0. The number of hydrogen-bond donors (Lipinski definition) is 1. The van der Waals surface area contributed by atoms with E-state index in [1.165, 1.54) is 4.90 Å². The van der Waals surface area contributed by atoms with Gasteiger partial charge in [-0.3, -0.25) is 0 Å². The van der Waals surface area contributed by atoms with Crippen molar-refractivity contribution < 1.29 is 17.3 Å². The first kappa shape index (κ1) is 15.7. The van der Waals surface area contributed by atoms with Crippen molar-refractivity contribution in [1.29, 1.82) is 0 Å². The van der Waals surface area contributed by atoms with Gasteiger partial charge in [-0.25, -0.2) is 0 Å². The van der Waals surface area contributed by atoms with Gasteiger partial charge in [0.25, 0.3) is 0 Å². The van der Waals surface area contributed by atoms with Gasteiger partial charge in [-0.1, -0.05) is 0 Å². The van der Waals surface area contributed by atoms with Crippen molar-refractivity contribution in [2.45, 2.75) is 0 Å². The lowest BCUT2D eigenvalue weighted by atomic mass is 11.0. The molecule has 0 unspecified atom stereocenters. The Morgan fingerprint density at radius 3 is 1.00 bits per heavy atom. The molecule has 0 saturated carbocycles. The summed E-state index contributed by atoms with van der Waals surface area (Å²) in [5.74, 6) is 0. The minimum atomic E-state index is 0. The van der Waals surface area contributed by atoms with Crippen LogP contribution in [0.2, 0.25) is 0 Å². The van der Waals surface area contributed by atoms with Crippen LogP contribution in [0, 0.1) is 0 Å². The van der Waals surface area contributed by atoms with E-state index in [2.05, 4.69) is 21.1 Å². The standard InChI is InChI=1S/C3H9N.ClH.Mg/c1-4(2)3;;/h1-3H3;1H;. The molecule has 0 heterocycles. The van der Waals surface area contributed by atoms with Crippen LogP contribution in [0.5, 0.6) is 0 Å². The second-order valence-corrected chi connectivity index (χ2v) is 1.50. The lowest BCUT2D eigenvalue weighted by molar-refractivity contribution is -0.836. The SMILES string of the molecule is C[NH+](C)C.[Cl-].[Mg]. The van der Waals surface area contributed by atoms with E-state index in [0.717, 1.165) is 0 Å². The van der Waals surface area contributed by atoms with Crippen LogP contribution >= 0.6 is 0 Å². The molecule has 0 fully saturated rings. The van der Waals surface area contributed by atoms with Crippen molar-refractivity contribution in [2.75, 3.05) is 21.1 Å². The number of nitrogens with one attached hydrogen (secondary N) is 1. The van der Waals surface area contributed by atoms with E-state index in [4.69, 9.17) is 0 Å². The van der Waals surface area contributed by atoms with Crippen molar-refractivity contribution >= 4 is 23.1 Å². The van der Waals surface area contributed by atoms with E-state index in [0.29, 0.717) is 0 Å². The molecule has 0 bridgehead atoms. The quantitative estimate of drug-likeness (QED) is 0.307. The molecule has 0 aliphatic heterocycles. The Balaban J connectivity index is -0.0000000450. The Morgan fingerprint density at radius 2 is 1.00 bits per heavy atom. The van der Waals surface area contributed by atoms with E-state index in [9.17, 15) is 0 Å². The predicted molar refractivity (Wildman–Crippen MR) is 24.5 cm³/mol. The van der Waals surface area contributed by atoms with Crippen molar-refractivity contribution in [3.63, 3.8) is 0 Å². The zero-order valence-electron chi connectivity index (χ0n) is 4.59. The van der Waals surface area contributed by atoms with Gasteiger partial charge in [0.2, 0.25) is 0 Å². The summed E-state index contributed by atoms with van der Waals surface area (Å²) in [4.78, 5) is 1.42. The summed E-state index contributed by atoms with van der Waals surface area (Å²) in [6, 6.07) is 0. The number of quaternary nitrogens is 1. The minimum Gasteiger partial charge on any atom is -1.00 e. The Bertz CT molecular complexity index is 15.5. The molecule has 0 saturated heterocycles. The highest BCUT2D eigenvalue weighted by Gasteiger charge is 1.61. The largest absolute Gasteiger partial charge is 1.00 e. The lowest BCUT2D eigenvalue weighted by Crippen LogP contribution is -3.02. The first-order valence-electron chi connectivity index (χ1n) is 1.50. The fraction of sp³-hybridized carbons (Fsp3) is 1.00. The Morgan fingerprint density at radius 1 is 1.00 bits per heavy atom. The first-order valence-corrected chi connectivity index (χ1v) is 1.50. The molecular weight excluding hydrogens is 110 g/mol. The zero-order valence-corrected chi connectivity index (χ0v) is 6.76. The highest BCUT2D eigenvalue weighted by atomic mass is 35.5. The third kappa shape index (κ3) is 78.3. The summed E-state index contributed by atoms with van der Waals surface area (Å²) in [7, 11) is 6.25. The maximum atomic E-state index is 2.08. The molecule has 2 radical (unpaired) electrons. The molecule has 0 aromatic carbocycles. The summed E-state index contributed by atoms with van der Waals surface area (Å²) in [6.45, 7) is 0. The van der Waals surface area contributed by atoms with E-state index in [1.54, 1.807) is 0 Å². The second kappa shape index (κ2) is 9.39. The van der Waals surface area contributed by atoms with E-state index < -0.39 is 0 Å². The van der Waals surface area contributed by atoms with E-state index >= 15 is 0 Å². The van der Waals surface area contributed by atoms with E-state index in [1.807, 2.05) is 0 Å². The maximum Gasteiger partial charge on any atom is 0.0661 e. The molecule has 0 amide bonds. The predicted octanol–water partition coefficient (Wildman–Crippen LogP) is -4.62. The van der Waals surface area contributed by atoms with Gasteiger partial charge in [0.05, 0.1) is 21.1 Å². The summed E-state index contributed by atoms with van der Waals surface area (Å²) in [5.41, 5.74) is 0. The van der Waals surface area contributed by atoms with Crippen LogP contribution in [0.1, 0.15) is 0 Å². The lowest BCUT2D eigenvalue weighted by Gasteiger charge is -1.88. The van der Waals surface area contributed by atoms with Crippen LogP contribution in [0.3, 0.4) is 0 Å². The monoisotopic (exact) mass is 119 g/mol. The molecular formula is C3H10ClMgN. The highest BCUT2D eigenvalue weighted by molar-refractivity contribution is 5.75. The van der Waals surface area contributed by atoms with Crippen LogP contribution in [0.15, 0.2) is 0 Å². The third-order valence-electron chi connectivity index (χ3n) is 0. The fourth-order valence-corrected chi connectivity index (χ4v) is 0. The molecule has 0 aromatic rings. The summed E-state index contributed by atoms with van der Waals surface area (Å²) >= 11 is 0.